The fourth-order valence-corrected chi connectivity index (χ4v) is 3.23. The quantitative estimate of drug-likeness (QED) is 0.840. The molecule has 112 valence electrons. The first-order valence-electron chi connectivity index (χ1n) is 7.39. The number of carbonyl (C=O) groups excluding carboxylic acids is 1. The van der Waals surface area contributed by atoms with Crippen molar-refractivity contribution in [2.75, 3.05) is 11.4 Å². The molecule has 0 spiro atoms. The molecule has 1 aliphatic heterocycles. The van der Waals surface area contributed by atoms with Crippen LogP contribution in [-0.4, -0.2) is 17.4 Å². The first kappa shape index (κ1) is 13.7. The average molecular weight is 317 g/mol. The van der Waals surface area contributed by atoms with Crippen molar-refractivity contribution in [3.63, 3.8) is 0 Å². The van der Waals surface area contributed by atoms with Gasteiger partial charge >= 0.3 is 0 Å². The lowest BCUT2D eigenvalue weighted by Crippen LogP contribution is -2.38. The monoisotopic (exact) mass is 316 g/mol. The maximum absolute atomic E-state index is 13.6. The second-order valence-electron chi connectivity index (χ2n) is 5.84. The van der Waals surface area contributed by atoms with E-state index in [1.807, 2.05) is 6.07 Å². The van der Waals surface area contributed by atoms with Gasteiger partial charge in [-0.3, -0.25) is 9.78 Å². The Labute approximate surface area is 132 Å². The van der Waals surface area contributed by atoms with Crippen molar-refractivity contribution in [3.8, 4) is 0 Å². The zero-order valence-electron chi connectivity index (χ0n) is 11.9. The minimum absolute atomic E-state index is 0.0115. The normalized spacial score (nSPS) is 17.5. The second kappa shape index (κ2) is 5.06. The molecule has 0 bridgehead atoms. The Kier molecular flexibility index (Phi) is 3.15. The Balaban J connectivity index is 1.76. The summed E-state index contributed by atoms with van der Waals surface area (Å²) in [6.07, 6.45) is 6.46. The number of aromatic nitrogens is 1. The van der Waals surface area contributed by atoms with Gasteiger partial charge in [0.1, 0.15) is 5.82 Å². The number of nitrogens with zero attached hydrogens (tertiary/aromatic N) is 2. The van der Waals surface area contributed by atoms with Gasteiger partial charge in [0, 0.05) is 18.3 Å². The van der Waals surface area contributed by atoms with Crippen LogP contribution in [0.4, 0.5) is 10.1 Å². The summed E-state index contributed by atoms with van der Waals surface area (Å²) in [6, 6.07) is 4.80. The number of anilines is 1. The molecule has 0 saturated heterocycles. The number of amides is 1. The van der Waals surface area contributed by atoms with E-state index in [0.29, 0.717) is 24.4 Å². The van der Waals surface area contributed by atoms with Gasteiger partial charge in [0.25, 0.3) is 5.91 Å². The number of benzene rings is 1. The fraction of sp³-hybridized carbons (Fsp3) is 0.294. The molecule has 1 saturated carbocycles. The van der Waals surface area contributed by atoms with Gasteiger partial charge in [-0.1, -0.05) is 11.6 Å². The molecule has 0 atom stereocenters. The van der Waals surface area contributed by atoms with Crippen molar-refractivity contribution in [2.24, 2.45) is 0 Å². The molecule has 0 N–H and O–H groups in total. The first-order chi connectivity index (χ1) is 10.6. The van der Waals surface area contributed by atoms with Crippen molar-refractivity contribution in [3.05, 3.63) is 58.1 Å². The third-order valence-electron chi connectivity index (χ3n) is 4.37. The number of rotatable bonds is 2. The summed E-state index contributed by atoms with van der Waals surface area (Å²) in [5.74, 6) is -0.0660. The Hall–Kier alpha value is -1.94. The molecule has 1 fully saturated rings. The van der Waals surface area contributed by atoms with Gasteiger partial charge in [0.05, 0.1) is 16.9 Å². The highest BCUT2D eigenvalue weighted by atomic mass is 35.5. The van der Waals surface area contributed by atoms with Crippen LogP contribution in [-0.2, 0) is 6.42 Å². The number of carbonyl (C=O) groups is 1. The first-order valence-corrected chi connectivity index (χ1v) is 7.76. The molecular formula is C17H14ClFN2O. The summed E-state index contributed by atoms with van der Waals surface area (Å²) in [5.41, 5.74) is 3.27. The van der Waals surface area contributed by atoms with Crippen molar-refractivity contribution in [1.29, 1.82) is 0 Å². The van der Waals surface area contributed by atoms with Crippen molar-refractivity contribution < 1.29 is 9.18 Å². The van der Waals surface area contributed by atoms with E-state index in [1.54, 1.807) is 17.3 Å². The molecule has 1 amide bonds. The molecule has 1 aromatic carbocycles. The van der Waals surface area contributed by atoms with Crippen LogP contribution in [0, 0.1) is 5.82 Å². The third kappa shape index (κ3) is 2.18. The van der Waals surface area contributed by atoms with Gasteiger partial charge in [0.15, 0.2) is 0 Å². The molecule has 1 aromatic heterocycles. The van der Waals surface area contributed by atoms with E-state index in [-0.39, 0.29) is 10.9 Å². The number of hydrogen-bond acceptors (Lipinski definition) is 2. The molecule has 3 nitrogen and oxygen atoms in total. The van der Waals surface area contributed by atoms with Crippen molar-refractivity contribution in [1.82, 2.24) is 4.98 Å². The van der Waals surface area contributed by atoms with E-state index >= 15 is 0 Å². The number of halogens is 2. The van der Waals surface area contributed by atoms with Crippen molar-refractivity contribution >= 4 is 23.2 Å². The molecule has 1 aliphatic carbocycles. The number of hydrogen-bond donors (Lipinski definition) is 0. The van der Waals surface area contributed by atoms with E-state index in [9.17, 15) is 9.18 Å². The van der Waals surface area contributed by atoms with Crippen LogP contribution >= 0.6 is 11.6 Å². The molecule has 4 rings (SSSR count). The molecule has 0 unspecified atom stereocenters. The highest BCUT2D eigenvalue weighted by Crippen LogP contribution is 2.44. The van der Waals surface area contributed by atoms with Crippen LogP contribution in [0.5, 0.6) is 0 Å². The average Bonchev–Trinajstić information content (AvgIpc) is 3.35. The fourth-order valence-electron chi connectivity index (χ4n) is 3.06. The minimum atomic E-state index is -0.471. The van der Waals surface area contributed by atoms with Crippen LogP contribution in [0.3, 0.4) is 0 Å². The van der Waals surface area contributed by atoms with E-state index in [2.05, 4.69) is 4.98 Å². The molecular weight excluding hydrogens is 303 g/mol. The van der Waals surface area contributed by atoms with Crippen LogP contribution < -0.4 is 4.90 Å². The van der Waals surface area contributed by atoms with Crippen LogP contribution in [0.25, 0.3) is 0 Å². The predicted molar refractivity (Wildman–Crippen MR) is 83.0 cm³/mol. The van der Waals surface area contributed by atoms with E-state index in [4.69, 9.17) is 11.6 Å². The third-order valence-corrected chi connectivity index (χ3v) is 4.66. The summed E-state index contributed by atoms with van der Waals surface area (Å²) in [6.45, 7) is 0.540. The Morgan fingerprint density at radius 3 is 2.91 bits per heavy atom. The molecule has 2 aromatic rings. The second-order valence-corrected chi connectivity index (χ2v) is 6.25. The van der Waals surface area contributed by atoms with Crippen LogP contribution in [0.15, 0.2) is 30.6 Å². The summed E-state index contributed by atoms with van der Waals surface area (Å²) in [5, 5.41) is -0.0115. The minimum Gasteiger partial charge on any atom is -0.306 e. The topological polar surface area (TPSA) is 33.2 Å². The zero-order valence-corrected chi connectivity index (χ0v) is 12.6. The van der Waals surface area contributed by atoms with E-state index < -0.39 is 5.82 Å². The molecule has 22 heavy (non-hydrogen) atoms. The summed E-state index contributed by atoms with van der Waals surface area (Å²) in [4.78, 5) is 18.7. The molecule has 2 aliphatic rings. The maximum atomic E-state index is 13.6. The predicted octanol–water partition coefficient (Wildman–Crippen LogP) is 3.95. The smallest absolute Gasteiger partial charge is 0.258 e. The van der Waals surface area contributed by atoms with Gasteiger partial charge in [0.2, 0.25) is 0 Å². The highest BCUT2D eigenvalue weighted by molar-refractivity contribution is 6.31. The molecule has 0 radical (unpaired) electrons. The Bertz CT molecular complexity index is 773. The zero-order chi connectivity index (χ0) is 15.3. The van der Waals surface area contributed by atoms with Gasteiger partial charge in [-0.15, -0.1) is 0 Å². The lowest BCUT2D eigenvalue weighted by Gasteiger charge is -2.30. The SMILES string of the molecule is O=C1c2cc(Cl)c(F)cc2CCN1c1cnccc1C1CC1. The van der Waals surface area contributed by atoms with Crippen molar-refractivity contribution in [2.45, 2.75) is 25.2 Å². The van der Waals surface area contributed by atoms with E-state index in [1.165, 1.54) is 17.7 Å². The summed E-state index contributed by atoms with van der Waals surface area (Å²) < 4.78 is 13.6. The Morgan fingerprint density at radius 1 is 1.32 bits per heavy atom. The Morgan fingerprint density at radius 2 is 2.14 bits per heavy atom. The molecule has 2 heterocycles. The number of pyridine rings is 1. The van der Waals surface area contributed by atoms with Crippen LogP contribution in [0.1, 0.15) is 40.2 Å². The van der Waals surface area contributed by atoms with E-state index in [0.717, 1.165) is 24.1 Å². The summed E-state index contributed by atoms with van der Waals surface area (Å²) >= 11 is 5.84. The largest absolute Gasteiger partial charge is 0.306 e. The lowest BCUT2D eigenvalue weighted by molar-refractivity contribution is 0.0980. The molecule has 5 heteroatoms. The van der Waals surface area contributed by atoms with Gasteiger partial charge < -0.3 is 4.90 Å². The van der Waals surface area contributed by atoms with Gasteiger partial charge in [-0.2, -0.15) is 0 Å². The van der Waals surface area contributed by atoms with Crippen LogP contribution in [0.2, 0.25) is 5.02 Å². The van der Waals surface area contributed by atoms with Gasteiger partial charge in [-0.25, -0.2) is 4.39 Å². The lowest BCUT2D eigenvalue weighted by atomic mass is 9.97. The maximum Gasteiger partial charge on any atom is 0.258 e. The van der Waals surface area contributed by atoms with Gasteiger partial charge in [-0.05, 0) is 54.5 Å². The standard InChI is InChI=1S/C17H14ClFN2O/c18-14-8-13-11(7-15(14)19)4-6-21(17(13)22)16-9-20-5-3-12(16)10-1-2-10/h3,5,7-10H,1-2,4,6H2. The number of fused-ring (bicyclic) bond motifs is 1. The summed E-state index contributed by atoms with van der Waals surface area (Å²) in [7, 11) is 0. The highest BCUT2D eigenvalue weighted by Gasteiger charge is 2.32.